The molecule has 0 spiro atoms. The fourth-order valence-corrected chi connectivity index (χ4v) is 2.44. The van der Waals surface area contributed by atoms with Crippen LogP contribution in [0.5, 0.6) is 0 Å². The Bertz CT molecular complexity index is 515. The lowest BCUT2D eigenvalue weighted by atomic mass is 10.2. The average Bonchev–Trinajstić information content (AvgIpc) is 2.47. The number of halogens is 1. The van der Waals surface area contributed by atoms with E-state index in [0.717, 1.165) is 6.07 Å². The van der Waals surface area contributed by atoms with Crippen LogP contribution in [0.3, 0.4) is 0 Å². The summed E-state index contributed by atoms with van der Waals surface area (Å²) in [6.07, 6.45) is -0.720. The molecular formula is C9H12FNO4S2. The van der Waals surface area contributed by atoms with E-state index in [0.29, 0.717) is 11.3 Å². The minimum Gasteiger partial charge on any atom is -0.444 e. The number of rotatable bonds is 2. The third-order valence-electron chi connectivity index (χ3n) is 1.45. The molecule has 1 amide bonds. The molecule has 0 atom stereocenters. The first kappa shape index (κ1) is 13.9. The molecule has 0 bridgehead atoms. The van der Waals surface area contributed by atoms with Crippen molar-refractivity contribution in [2.75, 3.05) is 5.32 Å². The second-order valence-corrected chi connectivity index (χ2v) is 6.84. The Kier molecular flexibility index (Phi) is 3.78. The number of ether oxygens (including phenoxy) is 1. The molecule has 1 aromatic heterocycles. The highest BCUT2D eigenvalue weighted by Gasteiger charge is 2.19. The first-order chi connectivity index (χ1) is 7.58. The van der Waals surface area contributed by atoms with E-state index < -0.39 is 26.1 Å². The molecule has 0 saturated heterocycles. The van der Waals surface area contributed by atoms with Crippen LogP contribution in [0.2, 0.25) is 0 Å². The van der Waals surface area contributed by atoms with Crippen molar-refractivity contribution in [1.29, 1.82) is 0 Å². The molecular weight excluding hydrogens is 269 g/mol. The second kappa shape index (κ2) is 4.61. The van der Waals surface area contributed by atoms with Gasteiger partial charge in [-0.2, -0.15) is 8.42 Å². The zero-order chi connectivity index (χ0) is 13.3. The summed E-state index contributed by atoms with van der Waals surface area (Å²) in [6.45, 7) is 5.08. The summed E-state index contributed by atoms with van der Waals surface area (Å²) in [5, 5.41) is 2.52. The van der Waals surface area contributed by atoms with Gasteiger partial charge in [-0.05, 0) is 32.9 Å². The van der Waals surface area contributed by atoms with Crippen molar-refractivity contribution in [3.05, 3.63) is 12.1 Å². The first-order valence-electron chi connectivity index (χ1n) is 4.62. The van der Waals surface area contributed by atoms with Crippen molar-refractivity contribution in [3.63, 3.8) is 0 Å². The van der Waals surface area contributed by atoms with Crippen molar-refractivity contribution in [2.45, 2.75) is 30.6 Å². The van der Waals surface area contributed by atoms with Crippen LogP contribution in [-0.4, -0.2) is 20.1 Å². The highest BCUT2D eigenvalue weighted by atomic mass is 32.3. The standard InChI is InChI=1S/C9H12FNO4S2/c1-9(2,3)15-8(12)11-6-4-5-7(16-6)17(10,13)14/h4-5H,1-3H3,(H,11,12). The van der Waals surface area contributed by atoms with Gasteiger partial charge in [0, 0.05) is 0 Å². The van der Waals surface area contributed by atoms with Crippen LogP contribution in [0.15, 0.2) is 16.3 Å². The van der Waals surface area contributed by atoms with Gasteiger partial charge in [-0.1, -0.05) is 3.89 Å². The third-order valence-corrected chi connectivity index (χ3v) is 3.71. The Morgan fingerprint density at radius 1 is 1.41 bits per heavy atom. The lowest BCUT2D eigenvalue weighted by Gasteiger charge is -2.19. The molecule has 5 nitrogen and oxygen atoms in total. The molecule has 0 aliphatic rings. The summed E-state index contributed by atoms with van der Waals surface area (Å²) in [6, 6.07) is 2.37. The lowest BCUT2D eigenvalue weighted by molar-refractivity contribution is 0.0636. The molecule has 1 heterocycles. The van der Waals surface area contributed by atoms with Crippen molar-refractivity contribution in [2.24, 2.45) is 0 Å². The molecule has 0 unspecified atom stereocenters. The van der Waals surface area contributed by atoms with E-state index in [1.165, 1.54) is 6.07 Å². The molecule has 0 aromatic carbocycles. The Hall–Kier alpha value is -1.15. The maximum atomic E-state index is 12.6. The van der Waals surface area contributed by atoms with Gasteiger partial charge in [0.25, 0.3) is 0 Å². The monoisotopic (exact) mass is 281 g/mol. The van der Waals surface area contributed by atoms with Crippen molar-refractivity contribution >= 4 is 32.7 Å². The van der Waals surface area contributed by atoms with E-state index in [2.05, 4.69) is 5.32 Å². The largest absolute Gasteiger partial charge is 0.444 e. The number of thiophene rings is 1. The van der Waals surface area contributed by atoms with Crippen LogP contribution >= 0.6 is 11.3 Å². The summed E-state index contributed by atoms with van der Waals surface area (Å²) < 4.78 is 38.2. The molecule has 0 fully saturated rings. The van der Waals surface area contributed by atoms with Gasteiger partial charge >= 0.3 is 16.3 Å². The maximum Gasteiger partial charge on any atom is 0.412 e. The molecule has 1 N–H and O–H groups in total. The van der Waals surface area contributed by atoms with E-state index in [-0.39, 0.29) is 5.00 Å². The number of carbonyl (C=O) groups excluding carboxylic acids is 1. The molecule has 96 valence electrons. The topological polar surface area (TPSA) is 72.5 Å². The minimum atomic E-state index is -4.73. The highest BCUT2D eigenvalue weighted by molar-refractivity contribution is 7.88. The Labute approximate surface area is 103 Å². The number of carbonyl (C=O) groups is 1. The summed E-state index contributed by atoms with van der Waals surface area (Å²) >= 11 is 0.619. The first-order valence-corrected chi connectivity index (χ1v) is 6.82. The Balaban J connectivity index is 2.71. The van der Waals surface area contributed by atoms with Crippen LogP contribution in [0.1, 0.15) is 20.8 Å². The predicted octanol–water partition coefficient (Wildman–Crippen LogP) is 2.75. The van der Waals surface area contributed by atoms with E-state index in [4.69, 9.17) is 4.74 Å². The number of hydrogen-bond acceptors (Lipinski definition) is 5. The predicted molar refractivity (Wildman–Crippen MR) is 62.5 cm³/mol. The zero-order valence-electron chi connectivity index (χ0n) is 9.48. The molecule has 0 aliphatic carbocycles. The number of amides is 1. The van der Waals surface area contributed by atoms with Crippen molar-refractivity contribution in [1.82, 2.24) is 0 Å². The van der Waals surface area contributed by atoms with Gasteiger partial charge in [0.15, 0.2) is 4.21 Å². The summed E-state index contributed by atoms with van der Waals surface area (Å²) in [5.74, 6) is 0. The molecule has 0 saturated carbocycles. The SMILES string of the molecule is CC(C)(C)OC(=O)Nc1ccc(S(=O)(=O)F)s1. The summed E-state index contributed by atoms with van der Waals surface area (Å²) in [7, 11) is -4.73. The molecule has 0 radical (unpaired) electrons. The number of hydrogen-bond donors (Lipinski definition) is 1. The fourth-order valence-electron chi connectivity index (χ4n) is 0.923. The van der Waals surface area contributed by atoms with Gasteiger partial charge in [-0.3, -0.25) is 5.32 Å². The van der Waals surface area contributed by atoms with E-state index >= 15 is 0 Å². The number of nitrogens with one attached hydrogen (secondary N) is 1. The third kappa shape index (κ3) is 4.70. The van der Waals surface area contributed by atoms with Gasteiger partial charge in [-0.25, -0.2) is 4.79 Å². The normalized spacial score (nSPS) is 12.2. The van der Waals surface area contributed by atoms with Crippen LogP contribution in [-0.2, 0) is 15.0 Å². The van der Waals surface area contributed by atoms with Crippen LogP contribution in [0.25, 0.3) is 0 Å². The summed E-state index contributed by atoms with van der Waals surface area (Å²) in [4.78, 5) is 11.3. The van der Waals surface area contributed by atoms with Crippen LogP contribution < -0.4 is 5.32 Å². The van der Waals surface area contributed by atoms with Gasteiger partial charge in [-0.15, -0.1) is 11.3 Å². The van der Waals surface area contributed by atoms with Crippen molar-refractivity contribution < 1.29 is 21.8 Å². The Morgan fingerprint density at radius 2 is 2.00 bits per heavy atom. The van der Waals surface area contributed by atoms with Gasteiger partial charge in [0.1, 0.15) is 5.60 Å². The fraction of sp³-hybridized carbons (Fsp3) is 0.444. The second-order valence-electron chi connectivity index (χ2n) is 4.18. The minimum absolute atomic E-state index is 0.204. The van der Waals surface area contributed by atoms with Gasteiger partial charge < -0.3 is 4.74 Å². The maximum absolute atomic E-state index is 12.6. The smallest absolute Gasteiger partial charge is 0.412 e. The number of anilines is 1. The van der Waals surface area contributed by atoms with E-state index in [9.17, 15) is 17.1 Å². The lowest BCUT2D eigenvalue weighted by Crippen LogP contribution is -2.26. The van der Waals surface area contributed by atoms with E-state index in [1.807, 2.05) is 0 Å². The van der Waals surface area contributed by atoms with Crippen LogP contribution in [0, 0.1) is 0 Å². The molecule has 17 heavy (non-hydrogen) atoms. The highest BCUT2D eigenvalue weighted by Crippen LogP contribution is 2.27. The molecule has 1 aromatic rings. The summed E-state index contributed by atoms with van der Waals surface area (Å²) in [5.41, 5.74) is -0.656. The Morgan fingerprint density at radius 3 is 2.41 bits per heavy atom. The molecule has 8 heteroatoms. The molecule has 1 rings (SSSR count). The van der Waals surface area contributed by atoms with Gasteiger partial charge in [0.2, 0.25) is 0 Å². The van der Waals surface area contributed by atoms with Gasteiger partial charge in [0.05, 0.1) is 5.00 Å². The molecule has 0 aliphatic heterocycles. The van der Waals surface area contributed by atoms with E-state index in [1.54, 1.807) is 20.8 Å². The zero-order valence-corrected chi connectivity index (χ0v) is 11.1. The quantitative estimate of drug-likeness (QED) is 0.846. The van der Waals surface area contributed by atoms with Crippen LogP contribution in [0.4, 0.5) is 13.7 Å². The average molecular weight is 281 g/mol. The van der Waals surface area contributed by atoms with Crippen molar-refractivity contribution in [3.8, 4) is 0 Å².